The summed E-state index contributed by atoms with van der Waals surface area (Å²) in [6, 6.07) is 10.9. The quantitative estimate of drug-likeness (QED) is 0.871. The molecule has 0 saturated heterocycles. The summed E-state index contributed by atoms with van der Waals surface area (Å²) >= 11 is 0. The summed E-state index contributed by atoms with van der Waals surface area (Å²) in [7, 11) is 1.30. The molecule has 0 spiro atoms. The molecule has 0 amide bonds. The Labute approximate surface area is 116 Å². The average Bonchev–Trinajstić information content (AvgIpc) is 2.46. The normalized spacial score (nSPS) is 10.3. The Morgan fingerprint density at radius 3 is 2.50 bits per heavy atom. The number of carbonyl (C=O) groups is 1. The van der Waals surface area contributed by atoms with Crippen LogP contribution in [0.15, 0.2) is 42.5 Å². The second-order valence-corrected chi connectivity index (χ2v) is 4.42. The van der Waals surface area contributed by atoms with Crippen molar-refractivity contribution >= 4 is 5.97 Å². The number of methoxy groups -OCH3 is 1. The van der Waals surface area contributed by atoms with Crippen molar-refractivity contribution in [2.45, 2.75) is 12.8 Å². The molecule has 2 aromatic carbocycles. The van der Waals surface area contributed by atoms with Crippen LogP contribution in [-0.4, -0.2) is 18.2 Å². The summed E-state index contributed by atoms with van der Waals surface area (Å²) in [6.45, 7) is 0. The van der Waals surface area contributed by atoms with Gasteiger partial charge in [-0.05, 0) is 42.7 Å². The Morgan fingerprint density at radius 2 is 1.85 bits per heavy atom. The van der Waals surface area contributed by atoms with E-state index in [1.54, 1.807) is 24.3 Å². The van der Waals surface area contributed by atoms with Crippen LogP contribution < -0.4 is 0 Å². The molecule has 0 fully saturated rings. The first-order valence-corrected chi connectivity index (χ1v) is 6.25. The van der Waals surface area contributed by atoms with Gasteiger partial charge in [-0.1, -0.05) is 18.2 Å². The van der Waals surface area contributed by atoms with E-state index in [0.29, 0.717) is 24.0 Å². The maximum atomic E-state index is 12.8. The third kappa shape index (κ3) is 3.15. The number of rotatable bonds is 4. The molecule has 0 saturated carbocycles. The van der Waals surface area contributed by atoms with Gasteiger partial charge in [0.25, 0.3) is 0 Å². The van der Waals surface area contributed by atoms with Gasteiger partial charge in [0.15, 0.2) is 0 Å². The lowest BCUT2D eigenvalue weighted by Crippen LogP contribution is -2.07. The highest BCUT2D eigenvalue weighted by Crippen LogP contribution is 2.23. The van der Waals surface area contributed by atoms with Crippen molar-refractivity contribution < 1.29 is 19.0 Å². The van der Waals surface area contributed by atoms with E-state index in [9.17, 15) is 14.3 Å². The smallest absolute Gasteiger partial charge is 0.338 e. The third-order valence-corrected chi connectivity index (χ3v) is 3.13. The number of hydrogen-bond donors (Lipinski definition) is 1. The van der Waals surface area contributed by atoms with Gasteiger partial charge in [-0.2, -0.15) is 0 Å². The molecule has 0 aromatic heterocycles. The molecule has 2 aromatic rings. The van der Waals surface area contributed by atoms with E-state index >= 15 is 0 Å². The van der Waals surface area contributed by atoms with Gasteiger partial charge in [0.05, 0.1) is 12.7 Å². The zero-order valence-electron chi connectivity index (χ0n) is 11.1. The predicted molar refractivity (Wildman–Crippen MR) is 73.3 cm³/mol. The van der Waals surface area contributed by atoms with Crippen molar-refractivity contribution in [3.63, 3.8) is 0 Å². The summed E-state index contributed by atoms with van der Waals surface area (Å²) in [5.74, 6) is -0.698. The number of phenols is 1. The Morgan fingerprint density at radius 1 is 1.15 bits per heavy atom. The molecule has 2 rings (SSSR count). The van der Waals surface area contributed by atoms with Crippen LogP contribution >= 0.6 is 0 Å². The van der Waals surface area contributed by atoms with E-state index in [4.69, 9.17) is 4.74 Å². The summed E-state index contributed by atoms with van der Waals surface area (Å²) in [5, 5.41) is 9.89. The molecule has 3 nitrogen and oxygen atoms in total. The summed E-state index contributed by atoms with van der Waals surface area (Å²) in [5.41, 5.74) is 1.84. The van der Waals surface area contributed by atoms with Crippen molar-refractivity contribution in [2.75, 3.05) is 7.11 Å². The van der Waals surface area contributed by atoms with Crippen LogP contribution in [0, 0.1) is 5.82 Å². The maximum absolute atomic E-state index is 12.8. The summed E-state index contributed by atoms with van der Waals surface area (Å²) in [4.78, 5) is 11.7. The molecule has 0 aliphatic heterocycles. The van der Waals surface area contributed by atoms with Crippen LogP contribution in [0.4, 0.5) is 4.39 Å². The van der Waals surface area contributed by atoms with Crippen LogP contribution in [0.2, 0.25) is 0 Å². The minimum Gasteiger partial charge on any atom is -0.508 e. The van der Waals surface area contributed by atoms with Crippen LogP contribution in [0.25, 0.3) is 0 Å². The monoisotopic (exact) mass is 274 g/mol. The van der Waals surface area contributed by atoms with Crippen LogP contribution in [-0.2, 0) is 17.6 Å². The zero-order valence-corrected chi connectivity index (χ0v) is 11.1. The number of halogens is 1. The highest BCUT2D eigenvalue weighted by Gasteiger charge is 2.14. The van der Waals surface area contributed by atoms with E-state index in [1.807, 2.05) is 0 Å². The summed E-state index contributed by atoms with van der Waals surface area (Å²) < 4.78 is 17.5. The highest BCUT2D eigenvalue weighted by molar-refractivity contribution is 5.91. The maximum Gasteiger partial charge on any atom is 0.338 e. The zero-order chi connectivity index (χ0) is 14.5. The number of carbonyl (C=O) groups excluding carboxylic acids is 1. The van der Waals surface area contributed by atoms with Gasteiger partial charge in [0.2, 0.25) is 0 Å². The fraction of sp³-hybridized carbons (Fsp3) is 0.188. The van der Waals surface area contributed by atoms with Gasteiger partial charge < -0.3 is 9.84 Å². The third-order valence-electron chi connectivity index (χ3n) is 3.13. The van der Waals surface area contributed by atoms with Crippen molar-refractivity contribution in [3.05, 3.63) is 65.0 Å². The fourth-order valence-corrected chi connectivity index (χ4v) is 2.06. The minimum atomic E-state index is -0.477. The van der Waals surface area contributed by atoms with Gasteiger partial charge >= 0.3 is 5.97 Å². The number of hydrogen-bond acceptors (Lipinski definition) is 3. The molecule has 0 radical (unpaired) electrons. The number of ether oxygens (including phenoxy) is 1. The lowest BCUT2D eigenvalue weighted by Gasteiger charge is -2.10. The first kappa shape index (κ1) is 14.1. The van der Waals surface area contributed by atoms with Gasteiger partial charge in [0, 0.05) is 5.56 Å². The molecule has 4 heteroatoms. The van der Waals surface area contributed by atoms with Gasteiger partial charge in [0.1, 0.15) is 11.6 Å². The summed E-state index contributed by atoms with van der Waals surface area (Å²) in [6.07, 6.45) is 1.07. The second kappa shape index (κ2) is 6.19. The van der Waals surface area contributed by atoms with Crippen LogP contribution in [0.5, 0.6) is 5.75 Å². The minimum absolute atomic E-state index is 0.0648. The Bertz CT molecular complexity index is 606. The van der Waals surface area contributed by atoms with E-state index in [1.165, 1.54) is 25.3 Å². The second-order valence-electron chi connectivity index (χ2n) is 4.42. The Hall–Kier alpha value is -2.36. The number of esters is 1. The van der Waals surface area contributed by atoms with E-state index in [-0.39, 0.29) is 11.6 Å². The van der Waals surface area contributed by atoms with Crippen molar-refractivity contribution in [1.82, 2.24) is 0 Å². The number of aromatic hydroxyl groups is 1. The molecule has 0 atom stereocenters. The Kier molecular flexibility index (Phi) is 4.35. The largest absolute Gasteiger partial charge is 0.508 e. The van der Waals surface area contributed by atoms with E-state index in [0.717, 1.165) is 5.56 Å². The van der Waals surface area contributed by atoms with Crippen molar-refractivity contribution in [3.8, 4) is 5.75 Å². The lowest BCUT2D eigenvalue weighted by molar-refractivity contribution is 0.0599. The molecule has 0 aliphatic rings. The molecule has 0 unspecified atom stereocenters. The molecular weight excluding hydrogens is 259 g/mol. The highest BCUT2D eigenvalue weighted by atomic mass is 19.1. The number of aryl methyl sites for hydroxylation is 1. The first-order valence-electron chi connectivity index (χ1n) is 6.25. The molecule has 0 aliphatic carbocycles. The van der Waals surface area contributed by atoms with Crippen LogP contribution in [0.3, 0.4) is 0 Å². The SMILES string of the molecule is COC(=O)c1cccc(O)c1CCc1ccc(F)cc1. The molecule has 0 heterocycles. The number of benzene rings is 2. The first-order chi connectivity index (χ1) is 9.61. The average molecular weight is 274 g/mol. The van der Waals surface area contributed by atoms with Gasteiger partial charge in [-0.3, -0.25) is 0 Å². The molecule has 20 heavy (non-hydrogen) atoms. The molecule has 0 bridgehead atoms. The number of phenolic OH excluding ortho intramolecular Hbond substituents is 1. The van der Waals surface area contributed by atoms with Crippen molar-refractivity contribution in [2.24, 2.45) is 0 Å². The van der Waals surface area contributed by atoms with E-state index in [2.05, 4.69) is 0 Å². The molecular formula is C16H15FO3. The Balaban J connectivity index is 2.20. The van der Waals surface area contributed by atoms with Gasteiger partial charge in [-0.25, -0.2) is 9.18 Å². The molecule has 1 N–H and O–H groups in total. The standard InChI is InChI=1S/C16H15FO3/c1-20-16(19)14-3-2-4-15(18)13(14)10-7-11-5-8-12(17)9-6-11/h2-6,8-9,18H,7,10H2,1H3. The lowest BCUT2D eigenvalue weighted by atomic mass is 9.99. The fourth-order valence-electron chi connectivity index (χ4n) is 2.06. The molecule has 104 valence electrons. The predicted octanol–water partition coefficient (Wildman–Crippen LogP) is 3.10. The van der Waals surface area contributed by atoms with Gasteiger partial charge in [-0.15, -0.1) is 0 Å². The topological polar surface area (TPSA) is 46.5 Å². The van der Waals surface area contributed by atoms with Crippen molar-refractivity contribution in [1.29, 1.82) is 0 Å². The van der Waals surface area contributed by atoms with E-state index < -0.39 is 5.97 Å². The van der Waals surface area contributed by atoms with Crippen LogP contribution in [0.1, 0.15) is 21.5 Å².